The third-order valence-corrected chi connectivity index (χ3v) is 4.12. The lowest BCUT2D eigenvalue weighted by Gasteiger charge is -2.31. The van der Waals surface area contributed by atoms with Crippen molar-refractivity contribution in [2.24, 2.45) is 0 Å². The fourth-order valence-corrected chi connectivity index (χ4v) is 2.83. The second-order valence-electron chi connectivity index (χ2n) is 5.69. The molecule has 0 saturated heterocycles. The van der Waals surface area contributed by atoms with Gasteiger partial charge < -0.3 is 14.8 Å². The average Bonchev–Trinajstić information content (AvgIpc) is 2.60. The summed E-state index contributed by atoms with van der Waals surface area (Å²) < 4.78 is 10.4. The Bertz CT molecular complexity index is 626. The van der Waals surface area contributed by atoms with Crippen molar-refractivity contribution in [2.45, 2.75) is 37.6 Å². The van der Waals surface area contributed by atoms with Gasteiger partial charge in [0.25, 0.3) is 0 Å². The van der Waals surface area contributed by atoms with Crippen molar-refractivity contribution in [2.75, 3.05) is 14.2 Å². The van der Waals surface area contributed by atoms with Gasteiger partial charge in [-0.05, 0) is 36.6 Å². The van der Waals surface area contributed by atoms with Gasteiger partial charge in [-0.15, -0.1) is 0 Å². The minimum Gasteiger partial charge on any atom is -0.493 e. The summed E-state index contributed by atoms with van der Waals surface area (Å²) in [7, 11) is 3.14. The van der Waals surface area contributed by atoms with Crippen LogP contribution in [0.3, 0.4) is 0 Å². The van der Waals surface area contributed by atoms with Gasteiger partial charge in [-0.25, -0.2) is 0 Å². The molecule has 1 aliphatic rings. The number of nitriles is 1. The standard InChI is InChI=1S/C18H22N2O3/c1-22-15-8-6-14(12-16(15)23-2)7-9-17(21)20-18(13-19)10-4-3-5-11-18/h6-9,12H,3-5,10-11H2,1-2H3,(H,20,21)/b9-7+. The number of carbonyl (C=O) groups excluding carboxylic acids is 1. The van der Waals surface area contributed by atoms with E-state index >= 15 is 0 Å². The minimum absolute atomic E-state index is 0.247. The molecule has 1 N–H and O–H groups in total. The average molecular weight is 314 g/mol. The van der Waals surface area contributed by atoms with Crippen molar-refractivity contribution in [1.82, 2.24) is 5.32 Å². The van der Waals surface area contributed by atoms with Crippen LogP contribution in [0.15, 0.2) is 24.3 Å². The zero-order valence-electron chi connectivity index (χ0n) is 13.6. The lowest BCUT2D eigenvalue weighted by molar-refractivity contribution is -0.118. The van der Waals surface area contributed by atoms with Crippen molar-refractivity contribution >= 4 is 12.0 Å². The van der Waals surface area contributed by atoms with Gasteiger partial charge in [-0.2, -0.15) is 5.26 Å². The molecule has 0 spiro atoms. The van der Waals surface area contributed by atoms with Crippen LogP contribution in [0.5, 0.6) is 11.5 Å². The summed E-state index contributed by atoms with van der Waals surface area (Å²) in [5.41, 5.74) is 0.115. The quantitative estimate of drug-likeness (QED) is 0.848. The Morgan fingerprint density at radius 3 is 2.52 bits per heavy atom. The third-order valence-electron chi connectivity index (χ3n) is 4.12. The van der Waals surface area contributed by atoms with Gasteiger partial charge in [0.2, 0.25) is 5.91 Å². The molecule has 0 aliphatic heterocycles. The number of hydrogen-bond donors (Lipinski definition) is 1. The van der Waals surface area contributed by atoms with Crippen molar-refractivity contribution in [3.63, 3.8) is 0 Å². The molecule has 1 fully saturated rings. The van der Waals surface area contributed by atoms with Crippen LogP contribution in [0.25, 0.3) is 6.08 Å². The first-order chi connectivity index (χ1) is 11.1. The van der Waals surface area contributed by atoms with Crippen LogP contribution >= 0.6 is 0 Å². The Hall–Kier alpha value is -2.48. The van der Waals surface area contributed by atoms with Gasteiger partial charge in [-0.1, -0.05) is 25.3 Å². The molecule has 122 valence electrons. The first kappa shape index (κ1) is 16.9. The molecule has 1 aliphatic carbocycles. The summed E-state index contributed by atoms with van der Waals surface area (Å²) in [5, 5.41) is 12.2. The van der Waals surface area contributed by atoms with Crippen molar-refractivity contribution in [3.8, 4) is 17.6 Å². The number of amides is 1. The Balaban J connectivity index is 2.05. The molecule has 0 radical (unpaired) electrons. The number of methoxy groups -OCH3 is 2. The van der Waals surface area contributed by atoms with Crippen LogP contribution in [-0.4, -0.2) is 25.7 Å². The van der Waals surface area contributed by atoms with E-state index in [1.807, 2.05) is 6.07 Å². The zero-order chi connectivity index (χ0) is 16.7. The molecule has 0 bridgehead atoms. The topological polar surface area (TPSA) is 71.3 Å². The number of rotatable bonds is 5. The summed E-state index contributed by atoms with van der Waals surface area (Å²) in [4.78, 5) is 12.1. The van der Waals surface area contributed by atoms with E-state index in [9.17, 15) is 10.1 Å². The molecule has 23 heavy (non-hydrogen) atoms. The molecule has 0 aromatic heterocycles. The van der Waals surface area contributed by atoms with Crippen LogP contribution in [0, 0.1) is 11.3 Å². The van der Waals surface area contributed by atoms with E-state index < -0.39 is 5.54 Å². The Morgan fingerprint density at radius 1 is 1.22 bits per heavy atom. The van der Waals surface area contributed by atoms with E-state index in [0.29, 0.717) is 11.5 Å². The predicted octanol–water partition coefficient (Wildman–Crippen LogP) is 3.06. The van der Waals surface area contributed by atoms with E-state index in [2.05, 4.69) is 11.4 Å². The van der Waals surface area contributed by atoms with Crippen molar-refractivity contribution in [1.29, 1.82) is 5.26 Å². The maximum Gasteiger partial charge on any atom is 0.245 e. The van der Waals surface area contributed by atoms with Crippen LogP contribution in [-0.2, 0) is 4.79 Å². The normalized spacial score (nSPS) is 16.6. The SMILES string of the molecule is COc1ccc(/C=C/C(=O)NC2(C#N)CCCCC2)cc1OC. The molecular formula is C18H22N2O3. The highest BCUT2D eigenvalue weighted by Gasteiger charge is 2.32. The predicted molar refractivity (Wildman–Crippen MR) is 88.2 cm³/mol. The molecule has 2 rings (SSSR count). The number of hydrogen-bond acceptors (Lipinski definition) is 4. The zero-order valence-corrected chi connectivity index (χ0v) is 13.6. The second kappa shape index (κ2) is 7.68. The molecule has 0 heterocycles. The van der Waals surface area contributed by atoms with E-state index in [0.717, 1.165) is 37.7 Å². The summed E-state index contributed by atoms with van der Waals surface area (Å²) >= 11 is 0. The molecule has 5 heteroatoms. The van der Waals surface area contributed by atoms with Crippen LogP contribution in [0.2, 0.25) is 0 Å². The summed E-state index contributed by atoms with van der Waals surface area (Å²) in [6, 6.07) is 7.70. The highest BCUT2D eigenvalue weighted by atomic mass is 16.5. The summed E-state index contributed by atoms with van der Waals surface area (Å²) in [5.74, 6) is 0.999. The van der Waals surface area contributed by atoms with Crippen LogP contribution in [0.4, 0.5) is 0 Å². The summed E-state index contributed by atoms with van der Waals surface area (Å²) in [6.07, 6.45) is 7.68. The van der Waals surface area contributed by atoms with Gasteiger partial charge in [0.05, 0.1) is 20.3 Å². The van der Waals surface area contributed by atoms with Gasteiger partial charge in [-0.3, -0.25) is 4.79 Å². The number of nitrogens with one attached hydrogen (secondary N) is 1. The van der Waals surface area contributed by atoms with Gasteiger partial charge in [0.1, 0.15) is 5.54 Å². The highest BCUT2D eigenvalue weighted by Crippen LogP contribution is 2.29. The Labute approximate surface area is 136 Å². The molecular weight excluding hydrogens is 292 g/mol. The van der Waals surface area contributed by atoms with Gasteiger partial charge >= 0.3 is 0 Å². The van der Waals surface area contributed by atoms with E-state index in [1.165, 1.54) is 6.08 Å². The number of nitrogens with zero attached hydrogens (tertiary/aromatic N) is 1. The maximum atomic E-state index is 12.1. The molecule has 0 atom stereocenters. The smallest absolute Gasteiger partial charge is 0.245 e. The first-order valence-corrected chi connectivity index (χ1v) is 7.76. The van der Waals surface area contributed by atoms with Crippen LogP contribution < -0.4 is 14.8 Å². The number of benzene rings is 1. The third kappa shape index (κ3) is 4.26. The highest BCUT2D eigenvalue weighted by molar-refractivity contribution is 5.92. The fraction of sp³-hybridized carbons (Fsp3) is 0.444. The Morgan fingerprint density at radius 2 is 1.91 bits per heavy atom. The second-order valence-corrected chi connectivity index (χ2v) is 5.69. The summed E-state index contributed by atoms with van der Waals surface area (Å²) in [6.45, 7) is 0. The van der Waals surface area contributed by atoms with Gasteiger partial charge in [0.15, 0.2) is 11.5 Å². The molecule has 1 amide bonds. The van der Waals surface area contributed by atoms with E-state index in [4.69, 9.17) is 9.47 Å². The lowest BCUT2D eigenvalue weighted by atomic mass is 9.83. The van der Waals surface area contributed by atoms with Crippen molar-refractivity contribution < 1.29 is 14.3 Å². The van der Waals surface area contributed by atoms with E-state index in [1.54, 1.807) is 32.4 Å². The first-order valence-electron chi connectivity index (χ1n) is 7.76. The largest absolute Gasteiger partial charge is 0.493 e. The Kier molecular flexibility index (Phi) is 5.64. The number of carbonyl (C=O) groups is 1. The van der Waals surface area contributed by atoms with E-state index in [-0.39, 0.29) is 5.91 Å². The van der Waals surface area contributed by atoms with Gasteiger partial charge in [0, 0.05) is 6.08 Å². The molecule has 1 aromatic rings. The van der Waals surface area contributed by atoms with Crippen molar-refractivity contribution in [3.05, 3.63) is 29.8 Å². The lowest BCUT2D eigenvalue weighted by Crippen LogP contribution is -2.48. The maximum absolute atomic E-state index is 12.1. The molecule has 1 aromatic carbocycles. The van der Waals surface area contributed by atoms with Crippen LogP contribution in [0.1, 0.15) is 37.7 Å². The molecule has 5 nitrogen and oxygen atoms in total. The number of ether oxygens (including phenoxy) is 2. The monoisotopic (exact) mass is 314 g/mol. The minimum atomic E-state index is -0.711. The molecule has 0 unspecified atom stereocenters. The molecule has 1 saturated carbocycles. The fourth-order valence-electron chi connectivity index (χ4n) is 2.83.